The molecule has 2 nitrogen and oxygen atoms in total. The lowest BCUT2D eigenvalue weighted by atomic mass is 10.1. The maximum atomic E-state index is 10.4. The van der Waals surface area contributed by atoms with Crippen molar-refractivity contribution in [3.63, 3.8) is 0 Å². The molecule has 0 saturated heterocycles. The zero-order chi connectivity index (χ0) is 9.14. The minimum Gasteiger partial charge on any atom is -0.298 e. The summed E-state index contributed by atoms with van der Waals surface area (Å²) in [6.45, 7) is 0. The van der Waals surface area contributed by atoms with Gasteiger partial charge in [0.05, 0.1) is 10.0 Å². The lowest BCUT2D eigenvalue weighted by Gasteiger charge is -1.99. The molecule has 0 radical (unpaired) electrons. The second-order valence-electron chi connectivity index (χ2n) is 2.13. The number of aldehydes is 2. The summed E-state index contributed by atoms with van der Waals surface area (Å²) in [7, 11) is 0. The van der Waals surface area contributed by atoms with Crippen LogP contribution in [0.15, 0.2) is 12.1 Å². The number of halogens is 2. The molecule has 1 rings (SSSR count). The normalized spacial score (nSPS) is 9.50. The minimum absolute atomic E-state index is 0.249. The van der Waals surface area contributed by atoms with Gasteiger partial charge in [-0.05, 0) is 12.1 Å². The Hall–Kier alpha value is -0.860. The maximum absolute atomic E-state index is 10.4. The van der Waals surface area contributed by atoms with Crippen LogP contribution in [0.25, 0.3) is 0 Å². The molecule has 0 aromatic heterocycles. The summed E-state index contributed by atoms with van der Waals surface area (Å²) >= 11 is 11.2. The standard InChI is InChI=1S/C8H4Cl2O2/c9-7-1-5(3-11)6(4-12)2-8(7)10/h1-4H. The van der Waals surface area contributed by atoms with Gasteiger partial charge < -0.3 is 0 Å². The van der Waals surface area contributed by atoms with Crippen molar-refractivity contribution in [2.24, 2.45) is 0 Å². The Morgan fingerprint density at radius 2 is 1.25 bits per heavy atom. The molecule has 0 heterocycles. The maximum Gasteiger partial charge on any atom is 0.150 e. The lowest BCUT2D eigenvalue weighted by molar-refractivity contribution is 0.109. The number of hydrogen-bond acceptors (Lipinski definition) is 2. The van der Waals surface area contributed by atoms with Crippen LogP contribution >= 0.6 is 23.2 Å². The Bertz CT molecular complexity index is 301. The van der Waals surface area contributed by atoms with Crippen LogP contribution in [0.4, 0.5) is 0 Å². The molecule has 1 aromatic carbocycles. The molecular formula is C8H4Cl2O2. The van der Waals surface area contributed by atoms with Crippen LogP contribution in [0.5, 0.6) is 0 Å². The van der Waals surface area contributed by atoms with Crippen molar-refractivity contribution >= 4 is 35.8 Å². The first kappa shape index (κ1) is 9.23. The van der Waals surface area contributed by atoms with Crippen molar-refractivity contribution < 1.29 is 9.59 Å². The SMILES string of the molecule is O=Cc1cc(Cl)c(Cl)cc1C=O. The summed E-state index contributed by atoms with van der Waals surface area (Å²) in [5, 5.41) is 0.536. The van der Waals surface area contributed by atoms with Crippen LogP contribution in [0.2, 0.25) is 10.0 Å². The third kappa shape index (κ3) is 1.65. The minimum atomic E-state index is 0.249. The van der Waals surface area contributed by atoms with Gasteiger partial charge in [-0.25, -0.2) is 0 Å². The highest BCUT2D eigenvalue weighted by molar-refractivity contribution is 6.42. The third-order valence-electron chi connectivity index (χ3n) is 1.38. The highest BCUT2D eigenvalue weighted by Crippen LogP contribution is 2.24. The average Bonchev–Trinajstić information content (AvgIpc) is 2.09. The molecular weight excluding hydrogens is 199 g/mol. The van der Waals surface area contributed by atoms with E-state index in [0.717, 1.165) is 0 Å². The van der Waals surface area contributed by atoms with E-state index in [1.165, 1.54) is 12.1 Å². The number of benzene rings is 1. The van der Waals surface area contributed by atoms with Crippen molar-refractivity contribution in [3.8, 4) is 0 Å². The first-order valence-corrected chi connectivity index (χ1v) is 3.84. The van der Waals surface area contributed by atoms with E-state index in [0.29, 0.717) is 12.6 Å². The molecule has 0 N–H and O–H groups in total. The van der Waals surface area contributed by atoms with Gasteiger partial charge >= 0.3 is 0 Å². The van der Waals surface area contributed by atoms with Crippen LogP contribution in [0.3, 0.4) is 0 Å². The zero-order valence-corrected chi connectivity index (χ0v) is 7.39. The number of carbonyl (C=O) groups excluding carboxylic acids is 2. The van der Waals surface area contributed by atoms with Gasteiger partial charge in [-0.15, -0.1) is 0 Å². The van der Waals surface area contributed by atoms with Crippen LogP contribution in [-0.2, 0) is 0 Å². The van der Waals surface area contributed by atoms with Gasteiger partial charge in [0.15, 0.2) is 12.6 Å². The summed E-state index contributed by atoms with van der Waals surface area (Å²) in [5.41, 5.74) is 0.499. The van der Waals surface area contributed by atoms with Crippen LogP contribution in [0, 0.1) is 0 Å². The van der Waals surface area contributed by atoms with Crippen molar-refractivity contribution in [1.29, 1.82) is 0 Å². The fraction of sp³-hybridized carbons (Fsp3) is 0. The van der Waals surface area contributed by atoms with Crippen LogP contribution in [0.1, 0.15) is 20.7 Å². The first-order valence-electron chi connectivity index (χ1n) is 3.08. The molecule has 0 aliphatic heterocycles. The highest BCUT2D eigenvalue weighted by Gasteiger charge is 2.05. The Morgan fingerprint density at radius 1 is 0.917 bits per heavy atom. The van der Waals surface area contributed by atoms with Crippen molar-refractivity contribution in [1.82, 2.24) is 0 Å². The van der Waals surface area contributed by atoms with E-state index in [2.05, 4.69) is 0 Å². The van der Waals surface area contributed by atoms with E-state index in [4.69, 9.17) is 23.2 Å². The molecule has 12 heavy (non-hydrogen) atoms. The summed E-state index contributed by atoms with van der Waals surface area (Å²) in [6.07, 6.45) is 1.12. The molecule has 0 saturated carbocycles. The van der Waals surface area contributed by atoms with E-state index in [-0.39, 0.29) is 21.2 Å². The molecule has 0 unspecified atom stereocenters. The van der Waals surface area contributed by atoms with Gasteiger partial charge in [0, 0.05) is 11.1 Å². The van der Waals surface area contributed by atoms with Crippen molar-refractivity contribution in [3.05, 3.63) is 33.3 Å². The molecule has 0 aliphatic rings. The predicted octanol–water partition coefficient (Wildman–Crippen LogP) is 2.62. The molecule has 4 heteroatoms. The Kier molecular flexibility index (Phi) is 2.84. The van der Waals surface area contributed by atoms with Crippen molar-refractivity contribution in [2.75, 3.05) is 0 Å². The molecule has 0 bridgehead atoms. The molecule has 0 atom stereocenters. The molecule has 1 aromatic rings. The molecule has 0 spiro atoms. The van der Waals surface area contributed by atoms with E-state index in [1.807, 2.05) is 0 Å². The largest absolute Gasteiger partial charge is 0.298 e. The number of rotatable bonds is 2. The van der Waals surface area contributed by atoms with Gasteiger partial charge in [0.25, 0.3) is 0 Å². The fourth-order valence-corrected chi connectivity index (χ4v) is 1.13. The van der Waals surface area contributed by atoms with Crippen LogP contribution in [-0.4, -0.2) is 12.6 Å². The molecule has 0 fully saturated rings. The summed E-state index contributed by atoms with van der Waals surface area (Å²) < 4.78 is 0. The van der Waals surface area contributed by atoms with Crippen LogP contribution < -0.4 is 0 Å². The quantitative estimate of drug-likeness (QED) is 0.692. The third-order valence-corrected chi connectivity index (χ3v) is 2.10. The van der Waals surface area contributed by atoms with E-state index in [9.17, 15) is 9.59 Å². The Labute approximate surface area is 79.1 Å². The topological polar surface area (TPSA) is 34.1 Å². The summed E-state index contributed by atoms with van der Waals surface area (Å²) in [6, 6.07) is 2.72. The summed E-state index contributed by atoms with van der Waals surface area (Å²) in [5.74, 6) is 0. The Morgan fingerprint density at radius 3 is 1.50 bits per heavy atom. The molecule has 0 amide bonds. The first-order chi connectivity index (χ1) is 5.69. The van der Waals surface area contributed by atoms with Gasteiger partial charge in [0.2, 0.25) is 0 Å². The molecule has 62 valence electrons. The van der Waals surface area contributed by atoms with E-state index in [1.54, 1.807) is 0 Å². The second kappa shape index (κ2) is 3.70. The monoisotopic (exact) mass is 202 g/mol. The Balaban J connectivity index is 3.37. The number of hydrogen-bond donors (Lipinski definition) is 0. The second-order valence-corrected chi connectivity index (χ2v) is 2.95. The predicted molar refractivity (Wildman–Crippen MR) is 47.2 cm³/mol. The van der Waals surface area contributed by atoms with Crippen molar-refractivity contribution in [2.45, 2.75) is 0 Å². The lowest BCUT2D eigenvalue weighted by Crippen LogP contribution is -1.90. The zero-order valence-electron chi connectivity index (χ0n) is 5.88. The fourth-order valence-electron chi connectivity index (χ4n) is 0.782. The van der Waals surface area contributed by atoms with Gasteiger partial charge in [-0.1, -0.05) is 23.2 Å². The highest BCUT2D eigenvalue weighted by atomic mass is 35.5. The summed E-state index contributed by atoms with van der Waals surface area (Å²) in [4.78, 5) is 20.8. The van der Waals surface area contributed by atoms with E-state index < -0.39 is 0 Å². The molecule has 0 aliphatic carbocycles. The van der Waals surface area contributed by atoms with Gasteiger partial charge in [-0.3, -0.25) is 9.59 Å². The number of carbonyl (C=O) groups is 2. The average molecular weight is 203 g/mol. The van der Waals surface area contributed by atoms with Gasteiger partial charge in [-0.2, -0.15) is 0 Å². The van der Waals surface area contributed by atoms with Gasteiger partial charge in [0.1, 0.15) is 0 Å². The smallest absolute Gasteiger partial charge is 0.150 e. The van der Waals surface area contributed by atoms with E-state index >= 15 is 0 Å².